The Morgan fingerprint density at radius 2 is 2.00 bits per heavy atom. The lowest BCUT2D eigenvalue weighted by molar-refractivity contribution is -0.133. The summed E-state index contributed by atoms with van der Waals surface area (Å²) < 4.78 is 1.54. The lowest BCUT2D eigenvalue weighted by Crippen LogP contribution is -2.39. The first-order valence-corrected chi connectivity index (χ1v) is 7.82. The number of hydrogen-bond acceptors (Lipinski definition) is 7. The number of rotatable bonds is 4. The molecule has 24 heavy (non-hydrogen) atoms. The molecule has 128 valence electrons. The van der Waals surface area contributed by atoms with E-state index in [4.69, 9.17) is 0 Å². The Morgan fingerprint density at radius 1 is 1.21 bits per heavy atom. The molecule has 0 saturated carbocycles. The lowest BCUT2D eigenvalue weighted by Gasteiger charge is -2.31. The molecule has 0 N–H and O–H groups in total. The van der Waals surface area contributed by atoms with Crippen molar-refractivity contribution >= 4 is 17.7 Å². The molecule has 0 radical (unpaired) electrons. The van der Waals surface area contributed by atoms with E-state index in [0.717, 1.165) is 23.5 Å². The van der Waals surface area contributed by atoms with Crippen molar-refractivity contribution in [2.24, 2.45) is 0 Å². The Kier molecular flexibility index (Phi) is 4.32. The van der Waals surface area contributed by atoms with E-state index in [2.05, 4.69) is 20.3 Å². The molecule has 0 aromatic carbocycles. The van der Waals surface area contributed by atoms with Crippen LogP contribution in [-0.4, -0.2) is 70.5 Å². The maximum absolute atomic E-state index is 12.5. The van der Waals surface area contributed by atoms with Crippen molar-refractivity contribution in [2.45, 2.75) is 19.5 Å². The summed E-state index contributed by atoms with van der Waals surface area (Å²) in [4.78, 5) is 27.5. The Bertz CT molecular complexity index is 725. The highest BCUT2D eigenvalue weighted by atomic mass is 16.2. The first-order chi connectivity index (χ1) is 11.5. The maximum atomic E-state index is 12.5. The second kappa shape index (κ2) is 6.42. The molecule has 0 spiro atoms. The van der Waals surface area contributed by atoms with E-state index in [1.807, 2.05) is 42.9 Å². The molecule has 0 saturated heterocycles. The SMILES string of the molecule is CN(C)c1nc2c(c(N(C)C)n1)CCN(C(=O)Cn1ccnn1)C2. The second-order valence-electron chi connectivity index (χ2n) is 6.23. The van der Waals surface area contributed by atoms with Crippen molar-refractivity contribution in [2.75, 3.05) is 44.5 Å². The van der Waals surface area contributed by atoms with Gasteiger partial charge < -0.3 is 14.7 Å². The fraction of sp³-hybridized carbons (Fsp3) is 0.533. The number of aromatic nitrogens is 5. The zero-order valence-corrected chi connectivity index (χ0v) is 14.5. The van der Waals surface area contributed by atoms with Crippen LogP contribution >= 0.6 is 0 Å². The van der Waals surface area contributed by atoms with Gasteiger partial charge in [-0.25, -0.2) is 9.67 Å². The highest BCUT2D eigenvalue weighted by Crippen LogP contribution is 2.27. The van der Waals surface area contributed by atoms with Crippen LogP contribution in [0.4, 0.5) is 11.8 Å². The van der Waals surface area contributed by atoms with Gasteiger partial charge in [0.15, 0.2) is 0 Å². The third-order valence-electron chi connectivity index (χ3n) is 3.98. The summed E-state index contributed by atoms with van der Waals surface area (Å²) in [5, 5.41) is 7.58. The molecule has 1 amide bonds. The highest BCUT2D eigenvalue weighted by Gasteiger charge is 2.26. The van der Waals surface area contributed by atoms with Crippen LogP contribution < -0.4 is 9.80 Å². The number of nitrogens with zero attached hydrogens (tertiary/aromatic N) is 8. The zero-order chi connectivity index (χ0) is 17.3. The molecule has 0 fully saturated rings. The van der Waals surface area contributed by atoms with E-state index in [9.17, 15) is 4.79 Å². The van der Waals surface area contributed by atoms with Gasteiger partial charge in [-0.3, -0.25) is 4.79 Å². The number of fused-ring (bicyclic) bond motifs is 1. The minimum atomic E-state index is 0.0163. The zero-order valence-electron chi connectivity index (χ0n) is 14.5. The van der Waals surface area contributed by atoms with E-state index < -0.39 is 0 Å². The first-order valence-electron chi connectivity index (χ1n) is 7.82. The topological polar surface area (TPSA) is 83.3 Å². The van der Waals surface area contributed by atoms with Crippen molar-refractivity contribution in [1.29, 1.82) is 0 Å². The molecule has 3 heterocycles. The molecule has 0 aliphatic carbocycles. The fourth-order valence-corrected chi connectivity index (χ4v) is 2.74. The minimum absolute atomic E-state index is 0.0163. The van der Waals surface area contributed by atoms with Crippen LogP contribution in [0.5, 0.6) is 0 Å². The van der Waals surface area contributed by atoms with E-state index in [1.165, 1.54) is 4.68 Å². The Labute approximate surface area is 140 Å². The van der Waals surface area contributed by atoms with Gasteiger partial charge >= 0.3 is 0 Å². The molecule has 2 aromatic heterocycles. The van der Waals surface area contributed by atoms with Crippen LogP contribution in [0.15, 0.2) is 12.4 Å². The predicted molar refractivity (Wildman–Crippen MR) is 89.8 cm³/mol. The van der Waals surface area contributed by atoms with Gasteiger partial charge in [0.05, 0.1) is 18.4 Å². The summed E-state index contributed by atoms with van der Waals surface area (Å²) in [6, 6.07) is 0. The molecule has 2 aromatic rings. The van der Waals surface area contributed by atoms with Crippen molar-refractivity contribution in [3.8, 4) is 0 Å². The van der Waals surface area contributed by atoms with Gasteiger partial charge in [0.25, 0.3) is 0 Å². The number of carbonyl (C=O) groups is 1. The van der Waals surface area contributed by atoms with Crippen LogP contribution in [0, 0.1) is 0 Å². The van der Waals surface area contributed by atoms with Crippen LogP contribution in [0.1, 0.15) is 11.3 Å². The van der Waals surface area contributed by atoms with Gasteiger partial charge in [-0.15, -0.1) is 5.10 Å². The second-order valence-corrected chi connectivity index (χ2v) is 6.23. The lowest BCUT2D eigenvalue weighted by atomic mass is 10.0. The standard InChI is InChI=1S/C15H22N8O/c1-20(2)14-11-5-7-22(13(24)10-23-8-6-16-19-23)9-12(11)17-15(18-14)21(3)4/h6,8H,5,7,9-10H2,1-4H3. The molecule has 0 atom stereocenters. The average molecular weight is 330 g/mol. The number of hydrogen-bond donors (Lipinski definition) is 0. The van der Waals surface area contributed by atoms with Crippen LogP contribution in [0.3, 0.4) is 0 Å². The summed E-state index contributed by atoms with van der Waals surface area (Å²) in [6.07, 6.45) is 4.00. The van der Waals surface area contributed by atoms with E-state index >= 15 is 0 Å². The molecule has 3 rings (SSSR count). The van der Waals surface area contributed by atoms with Gasteiger partial charge in [0.1, 0.15) is 12.4 Å². The van der Waals surface area contributed by atoms with Gasteiger partial charge in [0.2, 0.25) is 11.9 Å². The first kappa shape index (κ1) is 16.2. The van der Waals surface area contributed by atoms with Crippen LogP contribution in [-0.2, 0) is 24.3 Å². The summed E-state index contributed by atoms with van der Waals surface area (Å²) in [6.45, 7) is 1.35. The van der Waals surface area contributed by atoms with Gasteiger partial charge in [-0.2, -0.15) is 4.98 Å². The third-order valence-corrected chi connectivity index (χ3v) is 3.98. The van der Waals surface area contributed by atoms with Crippen LogP contribution in [0.2, 0.25) is 0 Å². The maximum Gasteiger partial charge on any atom is 0.244 e. The summed E-state index contributed by atoms with van der Waals surface area (Å²) in [7, 11) is 7.78. The predicted octanol–water partition coefficient (Wildman–Crippen LogP) is -0.215. The molecule has 0 unspecified atom stereocenters. The normalized spacial score (nSPS) is 13.6. The summed E-state index contributed by atoms with van der Waals surface area (Å²) in [5.74, 6) is 1.60. The monoisotopic (exact) mass is 330 g/mol. The number of anilines is 2. The number of carbonyl (C=O) groups excluding carboxylic acids is 1. The Hall–Kier alpha value is -2.71. The minimum Gasteiger partial charge on any atom is -0.362 e. The van der Waals surface area contributed by atoms with Gasteiger partial charge in [-0.05, 0) is 6.42 Å². The van der Waals surface area contributed by atoms with E-state index in [-0.39, 0.29) is 12.5 Å². The molecule has 9 heteroatoms. The highest BCUT2D eigenvalue weighted by molar-refractivity contribution is 5.76. The van der Waals surface area contributed by atoms with Crippen molar-refractivity contribution in [3.63, 3.8) is 0 Å². The van der Waals surface area contributed by atoms with Gasteiger partial charge in [-0.1, -0.05) is 5.21 Å². The van der Waals surface area contributed by atoms with Gasteiger partial charge in [0, 0.05) is 46.5 Å². The molecule has 1 aliphatic heterocycles. The Balaban J connectivity index is 1.85. The summed E-state index contributed by atoms with van der Waals surface area (Å²) >= 11 is 0. The smallest absolute Gasteiger partial charge is 0.244 e. The molecule has 0 bridgehead atoms. The average Bonchev–Trinajstić information content (AvgIpc) is 3.05. The van der Waals surface area contributed by atoms with Crippen molar-refractivity contribution in [3.05, 3.63) is 23.7 Å². The largest absolute Gasteiger partial charge is 0.362 e. The van der Waals surface area contributed by atoms with Crippen molar-refractivity contribution < 1.29 is 4.79 Å². The Morgan fingerprint density at radius 3 is 2.62 bits per heavy atom. The number of amides is 1. The fourth-order valence-electron chi connectivity index (χ4n) is 2.74. The van der Waals surface area contributed by atoms with Crippen molar-refractivity contribution in [1.82, 2.24) is 29.9 Å². The van der Waals surface area contributed by atoms with E-state index in [1.54, 1.807) is 12.4 Å². The molecule has 9 nitrogen and oxygen atoms in total. The quantitative estimate of drug-likeness (QED) is 0.767. The van der Waals surface area contributed by atoms with E-state index in [0.29, 0.717) is 19.0 Å². The molecular weight excluding hydrogens is 308 g/mol. The van der Waals surface area contributed by atoms with Crippen LogP contribution in [0.25, 0.3) is 0 Å². The third kappa shape index (κ3) is 3.15. The molecule has 1 aliphatic rings. The molecular formula is C15H22N8O. The summed E-state index contributed by atoms with van der Waals surface area (Å²) in [5.41, 5.74) is 2.03.